The summed E-state index contributed by atoms with van der Waals surface area (Å²) in [5.41, 5.74) is 3.24. The van der Waals surface area contributed by atoms with Crippen LogP contribution in [0.4, 0.5) is 5.69 Å². The van der Waals surface area contributed by atoms with E-state index in [1.54, 1.807) is 0 Å². The van der Waals surface area contributed by atoms with Gasteiger partial charge in [0.2, 0.25) is 5.91 Å². The summed E-state index contributed by atoms with van der Waals surface area (Å²) in [5.74, 6) is 0.856. The number of carbonyl (C=O) groups is 1. The van der Waals surface area contributed by atoms with Crippen LogP contribution in [0.3, 0.4) is 0 Å². The first-order valence-corrected chi connectivity index (χ1v) is 8.13. The van der Waals surface area contributed by atoms with Crippen LogP contribution in [0.1, 0.15) is 43.7 Å². The van der Waals surface area contributed by atoms with Gasteiger partial charge in [0.15, 0.2) is 0 Å². The highest BCUT2D eigenvalue weighted by molar-refractivity contribution is 6.21. The molecule has 0 aromatic heterocycles. The molecule has 5 unspecified atom stereocenters. The average molecular weight is 308 g/mol. The summed E-state index contributed by atoms with van der Waals surface area (Å²) in [7, 11) is 0. The largest absolute Gasteiger partial charge is 0.375 e. The normalized spacial score (nSPS) is 33.4. The quantitative estimate of drug-likeness (QED) is 0.841. The van der Waals surface area contributed by atoms with Crippen LogP contribution in [-0.2, 0) is 16.0 Å². The van der Waals surface area contributed by atoms with Crippen molar-refractivity contribution < 1.29 is 9.53 Å². The van der Waals surface area contributed by atoms with Gasteiger partial charge in [-0.3, -0.25) is 4.79 Å². The Kier molecular flexibility index (Phi) is 3.98. The van der Waals surface area contributed by atoms with Crippen molar-refractivity contribution in [1.82, 2.24) is 0 Å². The lowest BCUT2D eigenvalue weighted by molar-refractivity contribution is -0.116. The van der Waals surface area contributed by atoms with Crippen molar-refractivity contribution in [3.8, 4) is 0 Å². The van der Waals surface area contributed by atoms with Gasteiger partial charge in [0, 0.05) is 18.0 Å². The fourth-order valence-corrected chi connectivity index (χ4v) is 4.17. The molecule has 0 radical (unpaired) electrons. The third kappa shape index (κ3) is 2.69. The van der Waals surface area contributed by atoms with Crippen molar-refractivity contribution in [2.75, 3.05) is 5.32 Å². The first kappa shape index (κ1) is 14.9. The van der Waals surface area contributed by atoms with Gasteiger partial charge in [-0.25, -0.2) is 0 Å². The van der Waals surface area contributed by atoms with Crippen LogP contribution in [-0.4, -0.2) is 18.1 Å². The molecule has 3 nitrogen and oxygen atoms in total. The first-order chi connectivity index (χ1) is 9.97. The highest BCUT2D eigenvalue weighted by atomic mass is 35.5. The van der Waals surface area contributed by atoms with E-state index >= 15 is 0 Å². The van der Waals surface area contributed by atoms with Crippen molar-refractivity contribution in [2.24, 2.45) is 11.8 Å². The zero-order valence-electron chi connectivity index (χ0n) is 12.7. The number of benzene rings is 1. The second-order valence-corrected chi connectivity index (χ2v) is 6.82. The number of halogens is 1. The van der Waals surface area contributed by atoms with Crippen LogP contribution in [0.25, 0.3) is 0 Å². The fourth-order valence-electron chi connectivity index (χ4n) is 3.60. The highest BCUT2D eigenvalue weighted by Gasteiger charge is 2.41. The van der Waals surface area contributed by atoms with Gasteiger partial charge >= 0.3 is 0 Å². The molecule has 3 rings (SSSR count). The Balaban J connectivity index is 1.85. The number of carbonyl (C=O) groups excluding carboxylic acids is 1. The standard InChI is InChI=1S/C17H22ClNO2/c1-9-10(2)21-11(3)16(9)17(18)13-4-6-14-12(8-13)5-7-15(20)19-14/h4,6,8-11,16-17H,5,7H2,1-3H3,(H,19,20). The lowest BCUT2D eigenvalue weighted by atomic mass is 9.83. The smallest absolute Gasteiger partial charge is 0.224 e. The van der Waals surface area contributed by atoms with Crippen molar-refractivity contribution in [3.05, 3.63) is 29.3 Å². The van der Waals surface area contributed by atoms with Crippen molar-refractivity contribution in [3.63, 3.8) is 0 Å². The van der Waals surface area contributed by atoms with Gasteiger partial charge in [0.05, 0.1) is 17.6 Å². The topological polar surface area (TPSA) is 38.3 Å². The van der Waals surface area contributed by atoms with E-state index in [1.807, 2.05) is 12.1 Å². The molecule has 0 bridgehead atoms. The molecule has 2 aliphatic heterocycles. The Morgan fingerprint density at radius 1 is 1.24 bits per heavy atom. The molecule has 5 atom stereocenters. The van der Waals surface area contributed by atoms with E-state index in [9.17, 15) is 4.79 Å². The maximum Gasteiger partial charge on any atom is 0.224 e. The van der Waals surface area contributed by atoms with Gasteiger partial charge in [0.25, 0.3) is 0 Å². The summed E-state index contributed by atoms with van der Waals surface area (Å²) in [5, 5.41) is 2.86. The van der Waals surface area contributed by atoms with Gasteiger partial charge in [0.1, 0.15) is 0 Å². The number of anilines is 1. The molecule has 4 heteroatoms. The number of hydrogen-bond donors (Lipinski definition) is 1. The first-order valence-electron chi connectivity index (χ1n) is 7.69. The molecule has 0 saturated carbocycles. The van der Waals surface area contributed by atoms with E-state index in [0.717, 1.165) is 17.7 Å². The fraction of sp³-hybridized carbons (Fsp3) is 0.588. The molecule has 1 aromatic rings. The molecule has 2 heterocycles. The zero-order valence-corrected chi connectivity index (χ0v) is 13.5. The minimum Gasteiger partial charge on any atom is -0.375 e. The Labute approximate surface area is 131 Å². The van der Waals surface area contributed by atoms with E-state index in [2.05, 4.69) is 32.2 Å². The second-order valence-electron chi connectivity index (χ2n) is 6.35. The molecule has 1 amide bonds. The lowest BCUT2D eigenvalue weighted by Gasteiger charge is -2.26. The number of fused-ring (bicyclic) bond motifs is 1. The second kappa shape index (κ2) is 5.62. The molecule has 0 spiro atoms. The van der Waals surface area contributed by atoms with E-state index in [1.165, 1.54) is 5.56 Å². The van der Waals surface area contributed by atoms with E-state index in [-0.39, 0.29) is 23.5 Å². The molecule has 1 N–H and O–H groups in total. The number of rotatable bonds is 2. The summed E-state index contributed by atoms with van der Waals surface area (Å²) in [4.78, 5) is 11.4. The molecule has 0 aliphatic carbocycles. The molecule has 114 valence electrons. The minimum absolute atomic E-state index is 0.0529. The Hall–Kier alpha value is -1.06. The number of ether oxygens (including phenoxy) is 1. The molecule has 1 fully saturated rings. The van der Waals surface area contributed by atoms with E-state index in [0.29, 0.717) is 18.3 Å². The summed E-state index contributed by atoms with van der Waals surface area (Å²) in [6.45, 7) is 6.44. The van der Waals surface area contributed by atoms with Gasteiger partial charge in [-0.1, -0.05) is 19.1 Å². The van der Waals surface area contributed by atoms with Gasteiger partial charge in [-0.2, -0.15) is 0 Å². The third-order valence-electron chi connectivity index (χ3n) is 5.00. The highest BCUT2D eigenvalue weighted by Crippen LogP contribution is 2.44. The van der Waals surface area contributed by atoms with E-state index in [4.69, 9.17) is 16.3 Å². The van der Waals surface area contributed by atoms with Crippen molar-refractivity contribution >= 4 is 23.2 Å². The minimum atomic E-state index is -0.0529. The van der Waals surface area contributed by atoms with Crippen molar-refractivity contribution in [1.29, 1.82) is 0 Å². The van der Waals surface area contributed by atoms with Crippen LogP contribution in [0.15, 0.2) is 18.2 Å². The predicted octanol–water partition coefficient (Wildman–Crippen LogP) is 3.91. The van der Waals surface area contributed by atoms with Gasteiger partial charge < -0.3 is 10.1 Å². The molecular formula is C17H22ClNO2. The summed E-state index contributed by atoms with van der Waals surface area (Å²) < 4.78 is 5.91. The molecular weight excluding hydrogens is 286 g/mol. The Bertz CT molecular complexity index is 560. The van der Waals surface area contributed by atoms with Gasteiger partial charge in [-0.05, 0) is 43.4 Å². The van der Waals surface area contributed by atoms with Crippen LogP contribution in [0, 0.1) is 11.8 Å². The van der Waals surface area contributed by atoms with Crippen LogP contribution < -0.4 is 5.32 Å². The third-order valence-corrected chi connectivity index (χ3v) is 5.54. The van der Waals surface area contributed by atoms with Crippen LogP contribution in [0.2, 0.25) is 0 Å². The predicted molar refractivity (Wildman–Crippen MR) is 84.6 cm³/mol. The zero-order chi connectivity index (χ0) is 15.1. The monoisotopic (exact) mass is 307 g/mol. The molecule has 1 saturated heterocycles. The SMILES string of the molecule is CC1OC(C)C(C(Cl)c2ccc3c(c2)CCC(=O)N3)C1C. The van der Waals surface area contributed by atoms with Crippen LogP contribution in [0.5, 0.6) is 0 Å². The van der Waals surface area contributed by atoms with Crippen molar-refractivity contribution in [2.45, 2.75) is 51.2 Å². The van der Waals surface area contributed by atoms with E-state index < -0.39 is 0 Å². The number of alkyl halides is 1. The maximum atomic E-state index is 11.4. The number of aryl methyl sites for hydroxylation is 1. The lowest BCUT2D eigenvalue weighted by Crippen LogP contribution is -2.23. The average Bonchev–Trinajstić information content (AvgIpc) is 2.71. The van der Waals surface area contributed by atoms with Crippen LogP contribution >= 0.6 is 11.6 Å². The number of amides is 1. The summed E-state index contributed by atoms with van der Waals surface area (Å²) in [6.07, 6.45) is 1.78. The summed E-state index contributed by atoms with van der Waals surface area (Å²) >= 11 is 6.77. The Morgan fingerprint density at radius 3 is 2.67 bits per heavy atom. The maximum absolute atomic E-state index is 11.4. The Morgan fingerprint density at radius 2 is 2.00 bits per heavy atom. The number of nitrogens with one attached hydrogen (secondary N) is 1. The molecule has 1 aromatic carbocycles. The molecule has 21 heavy (non-hydrogen) atoms. The summed E-state index contributed by atoms with van der Waals surface area (Å²) in [6, 6.07) is 6.16. The molecule has 2 aliphatic rings. The number of hydrogen-bond acceptors (Lipinski definition) is 2. The van der Waals surface area contributed by atoms with Gasteiger partial charge in [-0.15, -0.1) is 11.6 Å².